The van der Waals surface area contributed by atoms with Crippen LogP contribution in [-0.4, -0.2) is 24.5 Å². The number of hydrogen-bond acceptors (Lipinski definition) is 2. The van der Waals surface area contributed by atoms with Gasteiger partial charge in [-0.3, -0.25) is 9.98 Å². The van der Waals surface area contributed by atoms with Crippen LogP contribution in [0.25, 0.3) is 0 Å². The molecule has 3 rings (SSSR count). The first-order chi connectivity index (χ1) is 12.4. The second-order valence-electron chi connectivity index (χ2n) is 6.46. The van der Waals surface area contributed by atoms with Crippen LogP contribution in [0.1, 0.15) is 29.7 Å². The fourth-order valence-corrected chi connectivity index (χ4v) is 2.89. The Hall–Kier alpha value is -2.57. The summed E-state index contributed by atoms with van der Waals surface area (Å²) in [6.07, 6.45) is -0.878. The molecule has 1 saturated carbocycles. The summed E-state index contributed by atoms with van der Waals surface area (Å²) in [7, 11) is 1.66. The number of aliphatic imine (C=N–C) groups is 1. The van der Waals surface area contributed by atoms with Gasteiger partial charge in [0, 0.05) is 25.2 Å². The fourth-order valence-electron chi connectivity index (χ4n) is 2.89. The van der Waals surface area contributed by atoms with E-state index in [1.54, 1.807) is 19.3 Å². The minimum atomic E-state index is -4.32. The second kappa shape index (κ2) is 7.35. The first-order valence-electron chi connectivity index (χ1n) is 8.45. The van der Waals surface area contributed by atoms with E-state index in [-0.39, 0.29) is 5.41 Å². The minimum absolute atomic E-state index is 0.260. The minimum Gasteiger partial charge on any atom is -0.356 e. The van der Waals surface area contributed by atoms with Crippen LogP contribution in [0.4, 0.5) is 13.2 Å². The Balaban J connectivity index is 1.61. The Labute approximate surface area is 150 Å². The Morgan fingerprint density at radius 3 is 2.58 bits per heavy atom. The maximum Gasteiger partial charge on any atom is 0.416 e. The highest BCUT2D eigenvalue weighted by Crippen LogP contribution is 2.48. The zero-order chi connectivity index (χ0) is 18.6. The molecule has 2 aromatic rings. The summed E-state index contributed by atoms with van der Waals surface area (Å²) < 4.78 is 38.9. The van der Waals surface area contributed by atoms with Crippen molar-refractivity contribution in [1.29, 1.82) is 0 Å². The molecule has 1 aromatic carbocycles. The molecule has 4 nitrogen and oxygen atoms in total. The number of guanidine groups is 1. The van der Waals surface area contributed by atoms with E-state index in [1.165, 1.54) is 12.1 Å². The lowest BCUT2D eigenvalue weighted by atomic mass is 9.94. The Morgan fingerprint density at radius 1 is 1.15 bits per heavy atom. The van der Waals surface area contributed by atoms with E-state index in [0.717, 1.165) is 30.2 Å². The van der Waals surface area contributed by atoms with Crippen molar-refractivity contribution in [2.24, 2.45) is 4.99 Å². The van der Waals surface area contributed by atoms with Gasteiger partial charge in [0.15, 0.2) is 5.96 Å². The normalized spacial score (nSPS) is 16.2. The van der Waals surface area contributed by atoms with Crippen molar-refractivity contribution in [3.05, 3.63) is 65.5 Å². The Kier molecular flexibility index (Phi) is 5.15. The number of nitrogens with one attached hydrogen (secondary N) is 2. The molecule has 0 aliphatic heterocycles. The van der Waals surface area contributed by atoms with E-state index in [9.17, 15) is 13.2 Å². The molecule has 0 atom stereocenters. The SMILES string of the molecule is CN=C(NCc1ccccn1)NCC1(c2cccc(C(F)(F)F)c2)CC1. The molecule has 2 N–H and O–H groups in total. The number of alkyl halides is 3. The number of halogens is 3. The quantitative estimate of drug-likeness (QED) is 0.632. The summed E-state index contributed by atoms with van der Waals surface area (Å²) in [5.41, 5.74) is 0.748. The molecule has 1 aromatic heterocycles. The summed E-state index contributed by atoms with van der Waals surface area (Å²) in [6.45, 7) is 1.06. The lowest BCUT2D eigenvalue weighted by Crippen LogP contribution is -2.41. The van der Waals surface area contributed by atoms with Crippen molar-refractivity contribution in [2.45, 2.75) is 31.0 Å². The lowest BCUT2D eigenvalue weighted by molar-refractivity contribution is -0.137. The number of hydrogen-bond donors (Lipinski definition) is 2. The predicted octanol–water partition coefficient (Wildman–Crippen LogP) is 3.50. The van der Waals surface area contributed by atoms with E-state index in [2.05, 4.69) is 20.6 Å². The highest BCUT2D eigenvalue weighted by molar-refractivity contribution is 5.79. The number of nitrogens with zero attached hydrogens (tertiary/aromatic N) is 2. The second-order valence-corrected chi connectivity index (χ2v) is 6.46. The third kappa shape index (κ3) is 4.33. The monoisotopic (exact) mass is 362 g/mol. The molecule has 1 aliphatic carbocycles. The molecular weight excluding hydrogens is 341 g/mol. The van der Waals surface area contributed by atoms with Crippen LogP contribution in [0.3, 0.4) is 0 Å². The summed E-state index contributed by atoms with van der Waals surface area (Å²) >= 11 is 0. The summed E-state index contributed by atoms with van der Waals surface area (Å²) in [6, 6.07) is 11.3. The van der Waals surface area contributed by atoms with Crippen LogP contribution in [0, 0.1) is 0 Å². The van der Waals surface area contributed by atoms with Crippen molar-refractivity contribution in [2.75, 3.05) is 13.6 Å². The van der Waals surface area contributed by atoms with Crippen LogP contribution >= 0.6 is 0 Å². The van der Waals surface area contributed by atoms with Crippen molar-refractivity contribution in [1.82, 2.24) is 15.6 Å². The third-order valence-electron chi connectivity index (χ3n) is 4.64. The Morgan fingerprint density at radius 2 is 1.96 bits per heavy atom. The van der Waals surface area contributed by atoms with Gasteiger partial charge in [0.2, 0.25) is 0 Å². The van der Waals surface area contributed by atoms with Gasteiger partial charge in [-0.05, 0) is 36.6 Å². The molecule has 0 bridgehead atoms. The molecule has 1 fully saturated rings. The summed E-state index contributed by atoms with van der Waals surface area (Å²) in [5, 5.41) is 6.40. The molecule has 1 aliphatic rings. The van der Waals surface area contributed by atoms with Crippen molar-refractivity contribution in [3.63, 3.8) is 0 Å². The van der Waals surface area contributed by atoms with Crippen LogP contribution in [0.15, 0.2) is 53.7 Å². The molecular formula is C19H21F3N4. The number of rotatable bonds is 5. The zero-order valence-electron chi connectivity index (χ0n) is 14.5. The van der Waals surface area contributed by atoms with Crippen LogP contribution < -0.4 is 10.6 Å². The van der Waals surface area contributed by atoms with Crippen LogP contribution in [-0.2, 0) is 18.1 Å². The van der Waals surface area contributed by atoms with Gasteiger partial charge in [0.05, 0.1) is 17.8 Å². The van der Waals surface area contributed by atoms with Crippen molar-refractivity contribution >= 4 is 5.96 Å². The lowest BCUT2D eigenvalue weighted by Gasteiger charge is -2.20. The van der Waals surface area contributed by atoms with Crippen molar-refractivity contribution < 1.29 is 13.2 Å². The first kappa shape index (κ1) is 18.2. The standard InChI is InChI=1S/C19H21F3N4/c1-23-17(25-12-16-7-2-3-10-24-16)26-13-18(8-9-18)14-5-4-6-15(11-14)19(20,21)22/h2-7,10-11H,8-9,12-13H2,1H3,(H2,23,25,26). The van der Waals surface area contributed by atoms with Gasteiger partial charge >= 0.3 is 6.18 Å². The van der Waals surface area contributed by atoms with E-state index < -0.39 is 11.7 Å². The van der Waals surface area contributed by atoms with Crippen molar-refractivity contribution in [3.8, 4) is 0 Å². The molecule has 138 valence electrons. The number of aromatic nitrogens is 1. The van der Waals surface area contributed by atoms with Gasteiger partial charge in [0.25, 0.3) is 0 Å². The van der Waals surface area contributed by atoms with E-state index in [0.29, 0.717) is 19.0 Å². The van der Waals surface area contributed by atoms with E-state index >= 15 is 0 Å². The zero-order valence-corrected chi connectivity index (χ0v) is 14.5. The predicted molar refractivity (Wildman–Crippen MR) is 94.8 cm³/mol. The summed E-state index contributed by atoms with van der Waals surface area (Å²) in [5.74, 6) is 0.605. The highest BCUT2D eigenvalue weighted by Gasteiger charge is 2.45. The van der Waals surface area contributed by atoms with Gasteiger partial charge in [-0.25, -0.2) is 0 Å². The van der Waals surface area contributed by atoms with Gasteiger partial charge in [-0.15, -0.1) is 0 Å². The molecule has 0 saturated heterocycles. The molecule has 0 spiro atoms. The third-order valence-corrected chi connectivity index (χ3v) is 4.64. The first-order valence-corrected chi connectivity index (χ1v) is 8.45. The van der Waals surface area contributed by atoms with Crippen LogP contribution in [0.2, 0.25) is 0 Å². The van der Waals surface area contributed by atoms with Crippen LogP contribution in [0.5, 0.6) is 0 Å². The smallest absolute Gasteiger partial charge is 0.356 e. The van der Waals surface area contributed by atoms with E-state index in [4.69, 9.17) is 0 Å². The van der Waals surface area contributed by atoms with Gasteiger partial charge in [-0.1, -0.05) is 24.3 Å². The average Bonchev–Trinajstić information content (AvgIpc) is 3.43. The highest BCUT2D eigenvalue weighted by atomic mass is 19.4. The fraction of sp³-hybridized carbons (Fsp3) is 0.368. The van der Waals surface area contributed by atoms with Gasteiger partial charge in [-0.2, -0.15) is 13.2 Å². The molecule has 0 amide bonds. The maximum atomic E-state index is 13.0. The molecule has 1 heterocycles. The van der Waals surface area contributed by atoms with Gasteiger partial charge < -0.3 is 10.6 Å². The number of pyridine rings is 1. The largest absolute Gasteiger partial charge is 0.416 e. The van der Waals surface area contributed by atoms with E-state index in [1.807, 2.05) is 18.2 Å². The average molecular weight is 362 g/mol. The molecule has 7 heteroatoms. The Bertz CT molecular complexity index is 768. The van der Waals surface area contributed by atoms with Gasteiger partial charge in [0.1, 0.15) is 0 Å². The maximum absolute atomic E-state index is 13.0. The topological polar surface area (TPSA) is 49.3 Å². The molecule has 26 heavy (non-hydrogen) atoms. The number of benzene rings is 1. The summed E-state index contributed by atoms with van der Waals surface area (Å²) in [4.78, 5) is 8.41. The molecule has 0 radical (unpaired) electrons. The molecule has 0 unspecified atom stereocenters.